The quantitative estimate of drug-likeness (QED) is 0.364. The molecule has 0 aliphatic rings. The van der Waals surface area contributed by atoms with E-state index in [1.807, 2.05) is 0 Å². The summed E-state index contributed by atoms with van der Waals surface area (Å²) in [7, 11) is -1.86. The molecule has 0 spiro atoms. The molecular weight excluding hydrogens is 382 g/mol. The maximum Gasteiger partial charge on any atom is 0.192 e. The first-order chi connectivity index (χ1) is 8.04. The van der Waals surface area contributed by atoms with Gasteiger partial charge in [0.15, 0.2) is 8.32 Å². The van der Waals surface area contributed by atoms with Crippen LogP contribution >= 0.6 is 34.2 Å². The van der Waals surface area contributed by atoms with Crippen molar-refractivity contribution in [1.29, 1.82) is 0 Å². The molecule has 102 valence electrons. The summed E-state index contributed by atoms with van der Waals surface area (Å²) >= 11 is 7.96. The molecule has 0 fully saturated rings. The van der Waals surface area contributed by atoms with E-state index in [1.165, 1.54) is 0 Å². The van der Waals surface area contributed by atoms with Gasteiger partial charge in [0.25, 0.3) is 0 Å². The number of hydrogen-bond acceptors (Lipinski definition) is 1. The van der Waals surface area contributed by atoms with E-state index in [2.05, 4.69) is 56.5 Å². The first kappa shape index (κ1) is 16.4. The molecule has 0 unspecified atom stereocenters. The van der Waals surface area contributed by atoms with Gasteiger partial charge in [-0.25, -0.2) is 4.39 Å². The molecule has 1 aromatic carbocycles. The van der Waals surface area contributed by atoms with Crippen molar-refractivity contribution in [3.8, 4) is 0 Å². The molecule has 0 aliphatic carbocycles. The van der Waals surface area contributed by atoms with Crippen LogP contribution in [0.2, 0.25) is 23.2 Å². The van der Waals surface area contributed by atoms with Crippen LogP contribution < -0.4 is 0 Å². The summed E-state index contributed by atoms with van der Waals surface area (Å²) < 4.78 is 20.8. The zero-order valence-electron chi connectivity index (χ0n) is 11.4. The van der Waals surface area contributed by atoms with Crippen LogP contribution in [0.3, 0.4) is 0 Å². The topological polar surface area (TPSA) is 9.23 Å². The molecule has 1 aromatic rings. The molecule has 18 heavy (non-hydrogen) atoms. The lowest BCUT2D eigenvalue weighted by molar-refractivity contribution is 0.271. The molecule has 1 rings (SSSR count). The van der Waals surface area contributed by atoms with Gasteiger partial charge in [-0.3, -0.25) is 0 Å². The molecular formula is C13H19ClFIOSi. The fraction of sp³-hybridized carbons (Fsp3) is 0.538. The summed E-state index contributed by atoms with van der Waals surface area (Å²) in [5.74, 6) is -0.365. The fourth-order valence-electron chi connectivity index (χ4n) is 1.19. The van der Waals surface area contributed by atoms with Crippen molar-refractivity contribution in [2.24, 2.45) is 0 Å². The molecule has 0 radical (unpaired) electrons. The third-order valence-electron chi connectivity index (χ3n) is 3.46. The van der Waals surface area contributed by atoms with Crippen LogP contribution in [0.5, 0.6) is 0 Å². The SMILES string of the molecule is CC(C)(C)[Si](C)(C)OCc1cc(I)cc(Cl)c1F. The van der Waals surface area contributed by atoms with Crippen LogP contribution in [0.25, 0.3) is 0 Å². The van der Waals surface area contributed by atoms with Crippen molar-refractivity contribution in [1.82, 2.24) is 0 Å². The lowest BCUT2D eigenvalue weighted by Gasteiger charge is -2.36. The molecule has 0 aromatic heterocycles. The van der Waals surface area contributed by atoms with Crippen LogP contribution in [-0.2, 0) is 11.0 Å². The average Bonchev–Trinajstić information content (AvgIpc) is 2.19. The van der Waals surface area contributed by atoms with E-state index in [1.54, 1.807) is 12.1 Å². The largest absolute Gasteiger partial charge is 0.412 e. The predicted octanol–water partition coefficient (Wildman–Crippen LogP) is 5.61. The Balaban J connectivity index is 2.88. The van der Waals surface area contributed by atoms with Gasteiger partial charge in [0.1, 0.15) is 5.82 Å². The second-order valence-corrected chi connectivity index (χ2v) is 12.4. The highest BCUT2D eigenvalue weighted by Gasteiger charge is 2.37. The van der Waals surface area contributed by atoms with E-state index in [0.717, 1.165) is 3.57 Å². The second-order valence-electron chi connectivity index (χ2n) is 5.91. The smallest absolute Gasteiger partial charge is 0.192 e. The van der Waals surface area contributed by atoms with Gasteiger partial charge >= 0.3 is 0 Å². The summed E-state index contributed by atoms with van der Waals surface area (Å²) in [6, 6.07) is 3.40. The zero-order chi connectivity index (χ0) is 14.1. The van der Waals surface area contributed by atoms with Crippen molar-refractivity contribution >= 4 is 42.5 Å². The Morgan fingerprint density at radius 1 is 1.33 bits per heavy atom. The Labute approximate surface area is 128 Å². The van der Waals surface area contributed by atoms with E-state index in [0.29, 0.717) is 12.2 Å². The van der Waals surface area contributed by atoms with Crippen molar-refractivity contribution in [2.75, 3.05) is 0 Å². The second kappa shape index (κ2) is 5.77. The van der Waals surface area contributed by atoms with E-state index in [4.69, 9.17) is 16.0 Å². The van der Waals surface area contributed by atoms with E-state index in [9.17, 15) is 4.39 Å². The number of hydrogen-bond donors (Lipinski definition) is 0. The molecule has 0 heterocycles. The molecule has 5 heteroatoms. The molecule has 1 nitrogen and oxygen atoms in total. The van der Waals surface area contributed by atoms with Gasteiger partial charge in [-0.05, 0) is 52.9 Å². The number of halogens is 3. The highest BCUT2D eigenvalue weighted by molar-refractivity contribution is 14.1. The molecule has 0 aliphatic heterocycles. The van der Waals surface area contributed by atoms with Gasteiger partial charge in [0, 0.05) is 9.13 Å². The lowest BCUT2D eigenvalue weighted by Crippen LogP contribution is -2.40. The minimum absolute atomic E-state index is 0.120. The van der Waals surface area contributed by atoms with Gasteiger partial charge in [-0.1, -0.05) is 32.4 Å². The first-order valence-corrected chi connectivity index (χ1v) is 10.2. The van der Waals surface area contributed by atoms with E-state index < -0.39 is 8.32 Å². The Kier molecular flexibility index (Phi) is 5.26. The molecule has 0 N–H and O–H groups in total. The minimum Gasteiger partial charge on any atom is -0.412 e. The summed E-state index contributed by atoms with van der Waals surface area (Å²) in [6.07, 6.45) is 0. The third-order valence-corrected chi connectivity index (χ3v) is 8.84. The van der Waals surface area contributed by atoms with Crippen LogP contribution in [0.1, 0.15) is 26.3 Å². The third kappa shape index (κ3) is 3.92. The van der Waals surface area contributed by atoms with Crippen LogP contribution in [0.15, 0.2) is 12.1 Å². The summed E-state index contributed by atoms with van der Waals surface area (Å²) in [6.45, 7) is 11.1. The van der Waals surface area contributed by atoms with Crippen molar-refractivity contribution in [3.05, 3.63) is 32.1 Å². The van der Waals surface area contributed by atoms with E-state index in [-0.39, 0.29) is 15.9 Å². The maximum atomic E-state index is 13.9. The van der Waals surface area contributed by atoms with E-state index >= 15 is 0 Å². The number of benzene rings is 1. The molecule has 0 bridgehead atoms. The van der Waals surface area contributed by atoms with Crippen LogP contribution in [0.4, 0.5) is 4.39 Å². The standard InChI is InChI=1S/C13H19ClFIOSi/c1-13(2,3)18(4,5)17-8-9-6-10(16)7-11(14)12(9)15/h6-7H,8H2,1-5H3. The molecule has 0 saturated heterocycles. The lowest BCUT2D eigenvalue weighted by atomic mass is 10.2. The molecule has 0 amide bonds. The Bertz CT molecular complexity index is 443. The van der Waals surface area contributed by atoms with Crippen LogP contribution in [-0.4, -0.2) is 8.32 Å². The Hall–Kier alpha value is 0.347. The highest BCUT2D eigenvalue weighted by atomic mass is 127. The van der Waals surface area contributed by atoms with Crippen molar-refractivity contribution in [2.45, 2.75) is 45.5 Å². The van der Waals surface area contributed by atoms with Gasteiger partial charge in [-0.2, -0.15) is 0 Å². The van der Waals surface area contributed by atoms with Gasteiger partial charge < -0.3 is 4.43 Å². The zero-order valence-corrected chi connectivity index (χ0v) is 15.3. The minimum atomic E-state index is -1.86. The van der Waals surface area contributed by atoms with Crippen molar-refractivity contribution < 1.29 is 8.82 Å². The normalized spacial score (nSPS) is 12.9. The average molecular weight is 401 g/mol. The summed E-state index contributed by atoms with van der Waals surface area (Å²) in [5.41, 5.74) is 0.539. The predicted molar refractivity (Wildman–Crippen MR) is 86.1 cm³/mol. The molecule has 0 atom stereocenters. The van der Waals surface area contributed by atoms with Gasteiger partial charge in [-0.15, -0.1) is 0 Å². The summed E-state index contributed by atoms with van der Waals surface area (Å²) in [5, 5.41) is 0.283. The van der Waals surface area contributed by atoms with Gasteiger partial charge in [0.05, 0.1) is 11.6 Å². The fourth-order valence-corrected chi connectivity index (χ4v) is 3.25. The number of rotatable bonds is 3. The highest BCUT2D eigenvalue weighted by Crippen LogP contribution is 2.37. The first-order valence-electron chi connectivity index (χ1n) is 5.82. The van der Waals surface area contributed by atoms with Crippen LogP contribution in [0, 0.1) is 9.39 Å². The van der Waals surface area contributed by atoms with Crippen molar-refractivity contribution in [3.63, 3.8) is 0 Å². The Morgan fingerprint density at radius 3 is 2.39 bits per heavy atom. The Morgan fingerprint density at radius 2 is 1.89 bits per heavy atom. The molecule has 0 saturated carbocycles. The monoisotopic (exact) mass is 400 g/mol. The van der Waals surface area contributed by atoms with Gasteiger partial charge in [0.2, 0.25) is 0 Å². The maximum absolute atomic E-state index is 13.9. The summed E-state index contributed by atoms with van der Waals surface area (Å²) in [4.78, 5) is 0.